The van der Waals surface area contributed by atoms with Crippen LogP contribution >= 0.6 is 0 Å². The lowest BCUT2D eigenvalue weighted by Gasteiger charge is -2.07. The van der Waals surface area contributed by atoms with E-state index in [9.17, 15) is 9.18 Å². The summed E-state index contributed by atoms with van der Waals surface area (Å²) in [5.41, 5.74) is 6.04. The van der Waals surface area contributed by atoms with Crippen molar-refractivity contribution in [2.45, 2.75) is 13.0 Å². The van der Waals surface area contributed by atoms with Crippen molar-refractivity contribution in [1.29, 1.82) is 0 Å². The van der Waals surface area contributed by atoms with Gasteiger partial charge in [0.25, 0.3) is 0 Å². The minimum absolute atomic E-state index is 0.274. The lowest BCUT2D eigenvalue weighted by atomic mass is 10.1. The maximum Gasteiger partial charge on any atom is 0.325 e. The molecule has 0 bridgehead atoms. The third kappa shape index (κ3) is 2.03. The van der Waals surface area contributed by atoms with E-state index in [0.29, 0.717) is 5.56 Å². The van der Waals surface area contributed by atoms with Gasteiger partial charge in [0.15, 0.2) is 0 Å². The van der Waals surface area contributed by atoms with Crippen LogP contribution in [0.25, 0.3) is 0 Å². The predicted octanol–water partition coefficient (Wildman–Crippen LogP) is 1.22. The van der Waals surface area contributed by atoms with Gasteiger partial charge in [0.2, 0.25) is 0 Å². The molecule has 1 aromatic carbocycles. The van der Waals surface area contributed by atoms with Gasteiger partial charge < -0.3 is 10.8 Å². The van der Waals surface area contributed by atoms with Crippen molar-refractivity contribution in [2.75, 3.05) is 0 Å². The number of halogens is 1. The maximum atomic E-state index is 13.0. The Bertz CT molecular complexity index is 338. The van der Waals surface area contributed by atoms with Crippen LogP contribution in [0.3, 0.4) is 0 Å². The van der Waals surface area contributed by atoms with Gasteiger partial charge in [0, 0.05) is 0 Å². The summed E-state index contributed by atoms with van der Waals surface area (Å²) in [5, 5.41) is 8.55. The van der Waals surface area contributed by atoms with Crippen LogP contribution in [0.5, 0.6) is 0 Å². The highest BCUT2D eigenvalue weighted by atomic mass is 19.1. The van der Waals surface area contributed by atoms with Crippen LogP contribution in [-0.4, -0.2) is 11.1 Å². The molecular weight excluding hydrogens is 173 g/mol. The van der Waals surface area contributed by atoms with Crippen molar-refractivity contribution in [3.05, 3.63) is 35.1 Å². The largest absolute Gasteiger partial charge is 0.480 e. The number of aliphatic carboxylic acids is 1. The van der Waals surface area contributed by atoms with Gasteiger partial charge in [-0.3, -0.25) is 4.79 Å². The Kier molecular flexibility index (Phi) is 2.63. The third-order valence-corrected chi connectivity index (χ3v) is 1.82. The molecule has 1 aromatic rings. The summed E-state index contributed by atoms with van der Waals surface area (Å²) >= 11 is 0. The molecule has 70 valence electrons. The van der Waals surface area contributed by atoms with Crippen molar-refractivity contribution in [3.8, 4) is 0 Å². The van der Waals surface area contributed by atoms with Crippen LogP contribution in [0.15, 0.2) is 18.2 Å². The third-order valence-electron chi connectivity index (χ3n) is 1.82. The van der Waals surface area contributed by atoms with E-state index >= 15 is 0 Å². The Balaban J connectivity index is 3.03. The Hall–Kier alpha value is -1.42. The van der Waals surface area contributed by atoms with Gasteiger partial charge in [-0.1, -0.05) is 12.1 Å². The van der Waals surface area contributed by atoms with Gasteiger partial charge in [-0.15, -0.1) is 0 Å². The molecule has 0 radical (unpaired) electrons. The SMILES string of the molecule is Cc1ccc(C(N)C(=O)O)cc1F. The van der Waals surface area contributed by atoms with E-state index in [1.165, 1.54) is 12.1 Å². The molecule has 3 N–H and O–H groups in total. The minimum atomic E-state index is -1.16. The molecule has 1 rings (SSSR count). The molecule has 0 saturated carbocycles. The zero-order chi connectivity index (χ0) is 10.0. The molecule has 0 heterocycles. The van der Waals surface area contributed by atoms with Crippen LogP contribution in [-0.2, 0) is 4.79 Å². The topological polar surface area (TPSA) is 63.3 Å². The second-order valence-electron chi connectivity index (χ2n) is 2.82. The van der Waals surface area contributed by atoms with Crippen molar-refractivity contribution < 1.29 is 14.3 Å². The molecule has 0 aliphatic heterocycles. The summed E-state index contributed by atoms with van der Waals surface area (Å²) in [5.74, 6) is -1.60. The number of benzene rings is 1. The first-order valence-electron chi connectivity index (χ1n) is 3.77. The molecule has 4 heteroatoms. The summed E-state index contributed by atoms with van der Waals surface area (Å²) in [6, 6.07) is 3.01. The smallest absolute Gasteiger partial charge is 0.325 e. The number of rotatable bonds is 2. The Morgan fingerprint density at radius 2 is 2.23 bits per heavy atom. The van der Waals surface area contributed by atoms with Crippen LogP contribution in [0.2, 0.25) is 0 Å². The van der Waals surface area contributed by atoms with Gasteiger partial charge in [-0.25, -0.2) is 4.39 Å². The molecule has 0 fully saturated rings. The van der Waals surface area contributed by atoms with Crippen molar-refractivity contribution in [1.82, 2.24) is 0 Å². The second kappa shape index (κ2) is 3.53. The molecule has 0 amide bonds. The molecular formula is C9H10FNO2. The molecule has 13 heavy (non-hydrogen) atoms. The first-order valence-corrected chi connectivity index (χ1v) is 3.77. The summed E-state index contributed by atoms with van der Waals surface area (Å²) in [7, 11) is 0. The molecule has 0 aromatic heterocycles. The van der Waals surface area contributed by atoms with Crippen molar-refractivity contribution in [3.63, 3.8) is 0 Å². The number of carbonyl (C=O) groups is 1. The van der Waals surface area contributed by atoms with Crippen molar-refractivity contribution >= 4 is 5.97 Å². The first-order chi connectivity index (χ1) is 6.02. The zero-order valence-electron chi connectivity index (χ0n) is 7.12. The van der Waals surface area contributed by atoms with E-state index in [0.717, 1.165) is 6.07 Å². The van der Waals surface area contributed by atoms with E-state index < -0.39 is 17.8 Å². The lowest BCUT2D eigenvalue weighted by molar-refractivity contribution is -0.138. The number of carboxylic acid groups (broad SMARTS) is 1. The average Bonchev–Trinajstić information content (AvgIpc) is 2.08. The Morgan fingerprint density at radius 1 is 1.62 bits per heavy atom. The van der Waals surface area contributed by atoms with Gasteiger partial charge in [0.1, 0.15) is 11.9 Å². The van der Waals surface area contributed by atoms with Gasteiger partial charge >= 0.3 is 5.97 Å². The van der Waals surface area contributed by atoms with Gasteiger partial charge in [-0.05, 0) is 24.1 Å². The monoisotopic (exact) mass is 183 g/mol. The van der Waals surface area contributed by atoms with Crippen LogP contribution in [0.1, 0.15) is 17.2 Å². The molecule has 0 saturated heterocycles. The number of aryl methyl sites for hydroxylation is 1. The standard InChI is InChI=1S/C9H10FNO2/c1-5-2-3-6(4-7(5)10)8(11)9(12)13/h2-4,8H,11H2,1H3,(H,12,13). The predicted molar refractivity (Wildman–Crippen MR) is 45.7 cm³/mol. The molecule has 1 atom stereocenters. The highest BCUT2D eigenvalue weighted by Gasteiger charge is 2.14. The first kappa shape index (κ1) is 9.67. The number of carboxylic acids is 1. The fourth-order valence-electron chi connectivity index (χ4n) is 0.945. The van der Waals surface area contributed by atoms with Crippen molar-refractivity contribution in [2.24, 2.45) is 5.73 Å². The highest BCUT2D eigenvalue weighted by Crippen LogP contribution is 2.14. The fourth-order valence-corrected chi connectivity index (χ4v) is 0.945. The summed E-state index contributed by atoms with van der Waals surface area (Å²) in [4.78, 5) is 10.4. The molecule has 1 unspecified atom stereocenters. The summed E-state index contributed by atoms with van der Waals surface area (Å²) < 4.78 is 13.0. The normalized spacial score (nSPS) is 12.5. The van der Waals surface area contributed by atoms with E-state index in [1.54, 1.807) is 6.92 Å². The second-order valence-corrected chi connectivity index (χ2v) is 2.82. The number of hydrogen-bond acceptors (Lipinski definition) is 2. The lowest BCUT2D eigenvalue weighted by Crippen LogP contribution is -2.20. The number of nitrogens with two attached hydrogens (primary N) is 1. The van der Waals surface area contributed by atoms with Gasteiger partial charge in [-0.2, -0.15) is 0 Å². The van der Waals surface area contributed by atoms with E-state index in [4.69, 9.17) is 10.8 Å². The maximum absolute atomic E-state index is 13.0. The van der Waals surface area contributed by atoms with E-state index in [2.05, 4.69) is 0 Å². The minimum Gasteiger partial charge on any atom is -0.480 e. The molecule has 0 aliphatic carbocycles. The average molecular weight is 183 g/mol. The highest BCUT2D eigenvalue weighted by molar-refractivity contribution is 5.75. The van der Waals surface area contributed by atoms with Gasteiger partial charge in [0.05, 0.1) is 0 Å². The number of hydrogen-bond donors (Lipinski definition) is 2. The van der Waals surface area contributed by atoms with E-state index in [1.807, 2.05) is 0 Å². The quantitative estimate of drug-likeness (QED) is 0.724. The van der Waals surface area contributed by atoms with Crippen LogP contribution in [0.4, 0.5) is 4.39 Å². The fraction of sp³-hybridized carbons (Fsp3) is 0.222. The zero-order valence-corrected chi connectivity index (χ0v) is 7.12. The molecule has 0 spiro atoms. The summed E-state index contributed by atoms with van der Waals surface area (Å²) in [6.45, 7) is 1.60. The summed E-state index contributed by atoms with van der Waals surface area (Å²) in [6.07, 6.45) is 0. The van der Waals surface area contributed by atoms with Crippen LogP contribution in [0, 0.1) is 12.7 Å². The van der Waals surface area contributed by atoms with Crippen LogP contribution < -0.4 is 5.73 Å². The Labute approximate surface area is 75.0 Å². The van der Waals surface area contributed by atoms with E-state index in [-0.39, 0.29) is 5.56 Å². The molecule has 0 aliphatic rings. The Morgan fingerprint density at radius 3 is 2.69 bits per heavy atom. The molecule has 3 nitrogen and oxygen atoms in total.